The van der Waals surface area contributed by atoms with Gasteiger partial charge in [-0.25, -0.2) is 4.98 Å². The minimum Gasteiger partial charge on any atom is -0.376 e. The van der Waals surface area contributed by atoms with Gasteiger partial charge in [0.1, 0.15) is 6.20 Å². The second kappa shape index (κ2) is 7.11. The van der Waals surface area contributed by atoms with E-state index in [9.17, 15) is 36.2 Å². The number of H-pyrrole nitrogens is 2. The first-order valence-electron chi connectivity index (χ1n) is 9.42. The average molecular weight is 450 g/mol. The van der Waals surface area contributed by atoms with Crippen molar-refractivity contribution in [1.82, 2.24) is 10.2 Å². The summed E-state index contributed by atoms with van der Waals surface area (Å²) in [5.74, 6) is -1.29. The highest BCUT2D eigenvalue weighted by molar-refractivity contribution is 5.94. The van der Waals surface area contributed by atoms with Crippen LogP contribution in [0.5, 0.6) is 0 Å². The lowest BCUT2D eigenvalue weighted by Gasteiger charge is -2.35. The third kappa shape index (κ3) is 3.70. The summed E-state index contributed by atoms with van der Waals surface area (Å²) < 4.78 is 79.0. The lowest BCUT2D eigenvalue weighted by molar-refractivity contribution is -0.367. The highest BCUT2D eigenvalue weighted by Gasteiger charge is 2.61. The van der Waals surface area contributed by atoms with Crippen molar-refractivity contribution >= 4 is 17.5 Å². The fourth-order valence-electron chi connectivity index (χ4n) is 4.10. The molecule has 31 heavy (non-hydrogen) atoms. The summed E-state index contributed by atoms with van der Waals surface area (Å²) in [5.41, 5.74) is -4.53. The van der Waals surface area contributed by atoms with Crippen molar-refractivity contribution in [1.29, 1.82) is 0 Å². The predicted molar refractivity (Wildman–Crippen MR) is 94.0 cm³/mol. The fraction of sp³-hybridized carbons (Fsp3) is 0.500. The normalized spacial score (nSPS) is 22.9. The van der Waals surface area contributed by atoms with Gasteiger partial charge in [-0.05, 0) is 18.9 Å². The summed E-state index contributed by atoms with van der Waals surface area (Å²) in [5, 5.41) is 18.9. The molecule has 7 nitrogen and oxygen atoms in total. The van der Waals surface area contributed by atoms with Gasteiger partial charge in [-0.3, -0.25) is 14.8 Å². The zero-order valence-electron chi connectivity index (χ0n) is 15.9. The van der Waals surface area contributed by atoms with Crippen LogP contribution in [0, 0.1) is 0 Å². The molecule has 4 N–H and O–H groups in total. The third-order valence-electron chi connectivity index (χ3n) is 5.72. The van der Waals surface area contributed by atoms with Crippen LogP contribution >= 0.6 is 0 Å². The number of amides is 1. The van der Waals surface area contributed by atoms with Crippen LogP contribution in [-0.2, 0) is 16.6 Å². The Morgan fingerprint density at radius 1 is 1.16 bits per heavy atom. The van der Waals surface area contributed by atoms with Crippen molar-refractivity contribution in [2.24, 2.45) is 0 Å². The van der Waals surface area contributed by atoms with E-state index < -0.39 is 47.3 Å². The van der Waals surface area contributed by atoms with E-state index in [4.69, 9.17) is 0 Å². The number of aliphatic hydroxyl groups is 1. The summed E-state index contributed by atoms with van der Waals surface area (Å²) in [4.78, 5) is 16.0. The van der Waals surface area contributed by atoms with Gasteiger partial charge in [0.25, 0.3) is 5.82 Å². The molecule has 2 aliphatic rings. The van der Waals surface area contributed by atoms with Crippen molar-refractivity contribution in [3.63, 3.8) is 0 Å². The van der Waals surface area contributed by atoms with Crippen LogP contribution in [0.1, 0.15) is 42.0 Å². The molecule has 0 bridgehead atoms. The summed E-state index contributed by atoms with van der Waals surface area (Å²) in [7, 11) is 0. The Bertz CT molecular complexity index is 979. The van der Waals surface area contributed by atoms with Gasteiger partial charge in [-0.15, -0.1) is 0 Å². The Labute approximate surface area is 171 Å². The van der Waals surface area contributed by atoms with E-state index >= 15 is 0 Å². The number of carbonyl (C=O) groups is 1. The van der Waals surface area contributed by atoms with E-state index in [-0.39, 0.29) is 11.5 Å². The number of anilines is 2. The topological polar surface area (TPSA) is 95.4 Å². The molecule has 0 radical (unpaired) electrons. The van der Waals surface area contributed by atoms with E-state index in [0.29, 0.717) is 31.7 Å². The van der Waals surface area contributed by atoms with E-state index in [2.05, 4.69) is 20.5 Å². The number of carbonyl (C=O) groups excluding carboxylic acids is 1. The summed E-state index contributed by atoms with van der Waals surface area (Å²) in [6, 6.07) is 2.26. The van der Waals surface area contributed by atoms with Crippen LogP contribution in [0.2, 0.25) is 0 Å². The first kappa shape index (κ1) is 21.4. The SMILES string of the molecule is O=C1CC(O)(C(F)(F)F)c2c(n[nH]c2C2CCN(c3ccc(C(F)(F)F)c[nH+]3)CC2)N1. The van der Waals surface area contributed by atoms with Gasteiger partial charge < -0.3 is 10.4 Å². The molecule has 4 rings (SSSR count). The van der Waals surface area contributed by atoms with Crippen LogP contribution in [0.4, 0.5) is 38.0 Å². The highest BCUT2D eigenvalue weighted by Crippen LogP contribution is 2.49. The molecule has 1 amide bonds. The molecule has 0 spiro atoms. The molecule has 0 aliphatic carbocycles. The lowest BCUT2D eigenvalue weighted by Crippen LogP contribution is -2.49. The maximum absolute atomic E-state index is 13.6. The molecule has 1 atom stereocenters. The number of aromatic amines is 2. The molecule has 2 aliphatic heterocycles. The maximum atomic E-state index is 13.6. The molecule has 0 aromatic carbocycles. The van der Waals surface area contributed by atoms with Crippen LogP contribution in [-0.4, -0.2) is 40.5 Å². The zero-order chi connectivity index (χ0) is 22.6. The first-order chi connectivity index (χ1) is 14.4. The number of hydrogen-bond donors (Lipinski definition) is 3. The average Bonchev–Trinajstić information content (AvgIpc) is 3.11. The van der Waals surface area contributed by atoms with Crippen molar-refractivity contribution in [2.75, 3.05) is 23.3 Å². The quantitative estimate of drug-likeness (QED) is 0.614. The third-order valence-corrected chi connectivity index (χ3v) is 5.72. The number of aromatic nitrogens is 3. The Balaban J connectivity index is 1.54. The molecule has 0 saturated carbocycles. The predicted octanol–water partition coefficient (Wildman–Crippen LogP) is 2.72. The molecule has 13 heteroatoms. The van der Waals surface area contributed by atoms with Crippen LogP contribution in [0.3, 0.4) is 0 Å². The minimum absolute atomic E-state index is 0.103. The van der Waals surface area contributed by atoms with Crippen LogP contribution < -0.4 is 15.2 Å². The standard InChI is InChI=1S/C18H17F6N5O2/c19-17(20,21)10-1-2-11(25-8-10)29-5-3-9(4-6-29)14-13-15(28-27-14)26-12(30)7-16(13,31)18(22,23)24/h1-2,8-9,31H,3-7H2,(H2,26,27,28,30)/p+1. The van der Waals surface area contributed by atoms with Crippen LogP contribution in [0.15, 0.2) is 18.3 Å². The Kier molecular flexibility index (Phi) is 4.91. The van der Waals surface area contributed by atoms with E-state index in [1.54, 1.807) is 4.90 Å². The van der Waals surface area contributed by atoms with Crippen molar-refractivity contribution in [3.05, 3.63) is 35.2 Å². The van der Waals surface area contributed by atoms with Crippen molar-refractivity contribution in [3.8, 4) is 0 Å². The monoisotopic (exact) mass is 450 g/mol. The number of halogens is 6. The van der Waals surface area contributed by atoms with Crippen LogP contribution in [0.25, 0.3) is 0 Å². The summed E-state index contributed by atoms with van der Waals surface area (Å²) >= 11 is 0. The van der Waals surface area contributed by atoms with E-state index in [1.165, 1.54) is 6.07 Å². The molecule has 2 aromatic rings. The van der Waals surface area contributed by atoms with Crippen molar-refractivity contribution < 1.29 is 41.2 Å². The number of pyridine rings is 1. The maximum Gasteiger partial charge on any atom is 0.422 e. The second-order valence-corrected chi connectivity index (χ2v) is 7.67. The number of fused-ring (bicyclic) bond motifs is 1. The van der Waals surface area contributed by atoms with Gasteiger partial charge in [0, 0.05) is 17.7 Å². The van der Waals surface area contributed by atoms with Gasteiger partial charge >= 0.3 is 12.4 Å². The zero-order valence-corrected chi connectivity index (χ0v) is 15.9. The Hall–Kier alpha value is -2.83. The van der Waals surface area contributed by atoms with Gasteiger partial charge in [0.15, 0.2) is 11.4 Å². The lowest BCUT2D eigenvalue weighted by atomic mass is 9.81. The Morgan fingerprint density at radius 2 is 1.84 bits per heavy atom. The van der Waals surface area contributed by atoms with Gasteiger partial charge in [0.2, 0.25) is 5.91 Å². The first-order valence-corrected chi connectivity index (χ1v) is 9.42. The smallest absolute Gasteiger partial charge is 0.376 e. The fourth-order valence-corrected chi connectivity index (χ4v) is 4.10. The molecular formula is C18H18F6N5O2+. The number of nitrogens with one attached hydrogen (secondary N) is 3. The Morgan fingerprint density at radius 3 is 2.39 bits per heavy atom. The van der Waals surface area contributed by atoms with E-state index in [0.717, 1.165) is 12.3 Å². The molecule has 168 valence electrons. The van der Waals surface area contributed by atoms with Gasteiger partial charge in [0.05, 0.1) is 30.6 Å². The molecule has 1 fully saturated rings. The van der Waals surface area contributed by atoms with Gasteiger partial charge in [-0.1, -0.05) is 0 Å². The van der Waals surface area contributed by atoms with Gasteiger partial charge in [-0.2, -0.15) is 31.4 Å². The number of rotatable bonds is 2. The largest absolute Gasteiger partial charge is 0.422 e. The minimum atomic E-state index is -5.08. The van der Waals surface area contributed by atoms with E-state index in [1.807, 2.05) is 0 Å². The number of piperidine rings is 1. The molecule has 4 heterocycles. The number of nitrogens with zero attached hydrogens (tertiary/aromatic N) is 2. The highest BCUT2D eigenvalue weighted by atomic mass is 19.4. The summed E-state index contributed by atoms with van der Waals surface area (Å²) in [6.07, 6.45) is -9.11. The number of alkyl halides is 6. The molecular weight excluding hydrogens is 432 g/mol. The number of hydrogen-bond acceptors (Lipinski definition) is 4. The molecule has 2 aromatic heterocycles. The van der Waals surface area contributed by atoms with Crippen molar-refractivity contribution in [2.45, 2.75) is 43.1 Å². The second-order valence-electron chi connectivity index (χ2n) is 7.67. The molecule has 1 saturated heterocycles. The molecule has 1 unspecified atom stereocenters. The summed E-state index contributed by atoms with van der Waals surface area (Å²) in [6.45, 7) is 0.717.